The number of aromatic nitrogens is 4. The van der Waals surface area contributed by atoms with Gasteiger partial charge in [0.15, 0.2) is 5.16 Å². The number of hydrogen-bond acceptors (Lipinski definition) is 10. The molecule has 2 aromatic heterocycles. The zero-order valence-corrected chi connectivity index (χ0v) is 19.3. The molecule has 0 fully saturated rings. The number of aliphatic hydroxyl groups is 1. The molecule has 10 nitrogen and oxygen atoms in total. The van der Waals surface area contributed by atoms with Crippen LogP contribution in [0.4, 0.5) is 11.9 Å². The van der Waals surface area contributed by atoms with E-state index < -0.39 is 10.0 Å². The van der Waals surface area contributed by atoms with Crippen LogP contribution < -0.4 is 14.8 Å². The van der Waals surface area contributed by atoms with Gasteiger partial charge in [-0.05, 0) is 24.8 Å². The van der Waals surface area contributed by atoms with Crippen LogP contribution >= 0.6 is 11.8 Å². The molecule has 0 unspecified atom stereocenters. The van der Waals surface area contributed by atoms with E-state index >= 15 is 0 Å². The van der Waals surface area contributed by atoms with Gasteiger partial charge in [-0.3, -0.25) is 4.72 Å². The Morgan fingerprint density at radius 2 is 1.87 bits per heavy atom. The van der Waals surface area contributed by atoms with E-state index in [0.29, 0.717) is 23.4 Å². The molecule has 2 aromatic rings. The fourth-order valence-electron chi connectivity index (χ4n) is 2.60. The Bertz CT molecular complexity index is 925. The highest BCUT2D eigenvalue weighted by Gasteiger charge is 2.17. The summed E-state index contributed by atoms with van der Waals surface area (Å²) in [7, 11) is -2.01. The third kappa shape index (κ3) is 7.92. The van der Waals surface area contributed by atoms with Gasteiger partial charge < -0.3 is 15.2 Å². The average molecular weight is 457 g/mol. The number of methoxy groups -OCH3 is 1. The summed E-state index contributed by atoms with van der Waals surface area (Å²) in [5, 5.41) is 13.0. The summed E-state index contributed by atoms with van der Waals surface area (Å²) in [6, 6.07) is 3.39. The van der Waals surface area contributed by atoms with E-state index in [1.807, 2.05) is 26.8 Å². The van der Waals surface area contributed by atoms with Crippen LogP contribution in [0.25, 0.3) is 0 Å². The van der Waals surface area contributed by atoms with Crippen molar-refractivity contribution in [2.24, 2.45) is 5.92 Å². The quantitative estimate of drug-likeness (QED) is 0.432. The van der Waals surface area contributed by atoms with Gasteiger partial charge in [0.25, 0.3) is 0 Å². The molecule has 2 heterocycles. The SMILES string of the molecule is COc1ccc([C@@H](C)Sc2nc(N[C@@H](CO)CC(C)C)nc(NS(C)(=O)=O)n2)cn1. The summed E-state index contributed by atoms with van der Waals surface area (Å²) in [5.41, 5.74) is 0.932. The third-order valence-corrected chi connectivity index (χ3v) is 5.49. The van der Waals surface area contributed by atoms with Crippen molar-refractivity contribution >= 4 is 33.7 Å². The minimum absolute atomic E-state index is 0.0611. The van der Waals surface area contributed by atoms with Gasteiger partial charge in [-0.1, -0.05) is 31.7 Å². The molecule has 0 radical (unpaired) electrons. The number of ether oxygens (including phenoxy) is 1. The van der Waals surface area contributed by atoms with Crippen molar-refractivity contribution < 1.29 is 18.3 Å². The van der Waals surface area contributed by atoms with Gasteiger partial charge in [0, 0.05) is 17.5 Å². The lowest BCUT2D eigenvalue weighted by Gasteiger charge is -2.19. The minimum Gasteiger partial charge on any atom is -0.481 e. The van der Waals surface area contributed by atoms with Gasteiger partial charge in [0.2, 0.25) is 27.8 Å². The van der Waals surface area contributed by atoms with E-state index in [1.165, 1.54) is 11.8 Å². The summed E-state index contributed by atoms with van der Waals surface area (Å²) < 4.78 is 30.7. The first-order valence-corrected chi connectivity index (χ1v) is 12.1. The molecule has 0 aliphatic carbocycles. The number of sulfonamides is 1. The monoisotopic (exact) mass is 456 g/mol. The van der Waals surface area contributed by atoms with E-state index in [0.717, 1.165) is 11.8 Å². The number of thioether (sulfide) groups is 1. The highest BCUT2D eigenvalue weighted by atomic mass is 32.2. The van der Waals surface area contributed by atoms with Gasteiger partial charge in [0.05, 0.1) is 26.0 Å². The predicted octanol–water partition coefficient (Wildman–Crippen LogP) is 2.32. The van der Waals surface area contributed by atoms with Gasteiger partial charge in [-0.15, -0.1) is 0 Å². The molecule has 0 spiro atoms. The highest BCUT2D eigenvalue weighted by Crippen LogP contribution is 2.33. The second kappa shape index (κ2) is 10.7. The molecule has 0 bridgehead atoms. The predicted molar refractivity (Wildman–Crippen MR) is 117 cm³/mol. The Kier molecular flexibility index (Phi) is 8.62. The van der Waals surface area contributed by atoms with Gasteiger partial charge in [0.1, 0.15) is 0 Å². The second-order valence-corrected chi connectivity index (χ2v) is 10.2. The smallest absolute Gasteiger partial charge is 0.242 e. The van der Waals surface area contributed by atoms with Gasteiger partial charge in [-0.2, -0.15) is 15.0 Å². The maximum Gasteiger partial charge on any atom is 0.242 e. The van der Waals surface area contributed by atoms with Crippen LogP contribution in [0.1, 0.15) is 38.0 Å². The summed E-state index contributed by atoms with van der Waals surface area (Å²) in [5.74, 6) is 0.973. The Morgan fingerprint density at radius 3 is 2.40 bits per heavy atom. The lowest BCUT2D eigenvalue weighted by molar-refractivity contribution is 0.259. The van der Waals surface area contributed by atoms with Crippen LogP contribution in [0.5, 0.6) is 5.88 Å². The van der Waals surface area contributed by atoms with Gasteiger partial charge in [-0.25, -0.2) is 13.4 Å². The van der Waals surface area contributed by atoms with E-state index in [-0.39, 0.29) is 29.8 Å². The zero-order valence-electron chi connectivity index (χ0n) is 17.7. The number of aliphatic hydroxyl groups excluding tert-OH is 1. The second-order valence-electron chi connectivity index (χ2n) is 7.19. The van der Waals surface area contributed by atoms with Crippen LogP contribution in [0.3, 0.4) is 0 Å². The third-order valence-electron chi connectivity index (χ3n) is 3.92. The summed E-state index contributed by atoms with van der Waals surface area (Å²) >= 11 is 1.33. The molecule has 12 heteroatoms. The summed E-state index contributed by atoms with van der Waals surface area (Å²) in [4.78, 5) is 17.0. The maximum absolute atomic E-state index is 11.7. The molecular formula is C18H28N6O4S2. The molecule has 0 aliphatic heterocycles. The van der Waals surface area contributed by atoms with Gasteiger partial charge >= 0.3 is 0 Å². The molecule has 0 amide bonds. The molecule has 166 valence electrons. The van der Waals surface area contributed by atoms with Crippen molar-refractivity contribution in [1.82, 2.24) is 19.9 Å². The van der Waals surface area contributed by atoms with E-state index in [4.69, 9.17) is 4.74 Å². The van der Waals surface area contributed by atoms with Crippen LogP contribution in [-0.4, -0.2) is 59.5 Å². The molecule has 3 N–H and O–H groups in total. The topological polar surface area (TPSA) is 139 Å². The largest absolute Gasteiger partial charge is 0.481 e. The molecule has 0 saturated heterocycles. The number of rotatable bonds is 11. The number of nitrogens with one attached hydrogen (secondary N) is 2. The molecular weight excluding hydrogens is 428 g/mol. The van der Waals surface area contributed by atoms with E-state index in [2.05, 4.69) is 30.0 Å². The first kappa shape index (κ1) is 24.1. The number of hydrogen-bond donors (Lipinski definition) is 3. The molecule has 0 aromatic carbocycles. The number of pyridine rings is 1. The first-order valence-electron chi connectivity index (χ1n) is 9.37. The standard InChI is InChI=1S/C18H28N6O4S2/c1-11(2)8-14(10-25)20-16-21-17(24-30(5,26)27)23-18(22-16)29-12(3)13-6-7-15(28-4)19-9-13/h6-7,9,11-12,14,25H,8,10H2,1-5H3,(H2,20,21,22,23,24)/t12-,14-/m1/s1. The lowest BCUT2D eigenvalue weighted by Crippen LogP contribution is -2.27. The molecule has 0 saturated carbocycles. The van der Waals surface area contributed by atoms with Crippen LogP contribution in [0, 0.1) is 5.92 Å². The van der Waals surface area contributed by atoms with Crippen molar-refractivity contribution in [3.8, 4) is 5.88 Å². The van der Waals surface area contributed by atoms with Crippen LogP contribution in [-0.2, 0) is 10.0 Å². The Hall–Kier alpha value is -2.18. The van der Waals surface area contributed by atoms with Crippen molar-refractivity contribution in [3.63, 3.8) is 0 Å². The van der Waals surface area contributed by atoms with Crippen molar-refractivity contribution in [1.29, 1.82) is 0 Å². The molecule has 30 heavy (non-hydrogen) atoms. The van der Waals surface area contributed by atoms with Crippen molar-refractivity contribution in [3.05, 3.63) is 23.9 Å². The van der Waals surface area contributed by atoms with Crippen molar-refractivity contribution in [2.45, 2.75) is 43.6 Å². The normalized spacial score (nSPS) is 13.7. The zero-order chi connectivity index (χ0) is 22.3. The van der Waals surface area contributed by atoms with Crippen LogP contribution in [0.2, 0.25) is 0 Å². The maximum atomic E-state index is 11.7. The average Bonchev–Trinajstić information content (AvgIpc) is 2.65. The molecule has 0 aliphatic rings. The minimum atomic E-state index is -3.57. The lowest BCUT2D eigenvalue weighted by atomic mass is 10.0. The van der Waals surface area contributed by atoms with Crippen LogP contribution in [0.15, 0.2) is 23.5 Å². The number of anilines is 2. The fourth-order valence-corrected chi connectivity index (χ4v) is 3.89. The fraction of sp³-hybridized carbons (Fsp3) is 0.556. The summed E-state index contributed by atoms with van der Waals surface area (Å²) in [6.07, 6.45) is 3.43. The Labute approximate surface area is 181 Å². The number of nitrogens with zero attached hydrogens (tertiary/aromatic N) is 4. The molecule has 2 rings (SSSR count). The summed E-state index contributed by atoms with van der Waals surface area (Å²) in [6.45, 7) is 5.94. The molecule has 2 atom stereocenters. The Morgan fingerprint density at radius 1 is 1.17 bits per heavy atom. The Balaban J connectivity index is 2.28. The first-order chi connectivity index (χ1) is 14.1. The van der Waals surface area contributed by atoms with Crippen molar-refractivity contribution in [2.75, 3.05) is 30.0 Å². The van der Waals surface area contributed by atoms with E-state index in [9.17, 15) is 13.5 Å². The highest BCUT2D eigenvalue weighted by molar-refractivity contribution is 7.99. The van der Waals surface area contributed by atoms with E-state index in [1.54, 1.807) is 19.4 Å².